The third-order valence-corrected chi connectivity index (χ3v) is 1.94. The molecule has 1 unspecified atom stereocenters. The Morgan fingerprint density at radius 3 is 2.86 bits per heavy atom. The van der Waals surface area contributed by atoms with Gasteiger partial charge in [-0.05, 0) is 6.92 Å². The summed E-state index contributed by atoms with van der Waals surface area (Å²) in [4.78, 5) is 11.1. The van der Waals surface area contributed by atoms with Crippen molar-refractivity contribution >= 4 is 11.6 Å². The van der Waals surface area contributed by atoms with Gasteiger partial charge in [0.05, 0.1) is 0 Å². The van der Waals surface area contributed by atoms with Crippen molar-refractivity contribution in [2.45, 2.75) is 13.0 Å². The highest BCUT2D eigenvalue weighted by molar-refractivity contribution is 5.97. The average Bonchev–Trinajstić information content (AvgIpc) is 2.08. The lowest BCUT2D eigenvalue weighted by molar-refractivity contribution is -0.122. The predicted octanol–water partition coefficient (Wildman–Crippen LogP) is 1.68. The zero-order valence-electron chi connectivity index (χ0n) is 7.30. The maximum absolute atomic E-state index is 13.1. The molecule has 1 atom stereocenters. The summed E-state index contributed by atoms with van der Waals surface area (Å²) >= 11 is 0. The Kier molecular flexibility index (Phi) is 1.87. The molecule has 1 aromatic rings. The van der Waals surface area contributed by atoms with Crippen molar-refractivity contribution in [3.63, 3.8) is 0 Å². The molecule has 5 heteroatoms. The fourth-order valence-corrected chi connectivity index (χ4v) is 1.23. The van der Waals surface area contributed by atoms with Crippen LogP contribution in [-0.4, -0.2) is 12.0 Å². The Labute approximate surface area is 78.7 Å². The number of carbonyl (C=O) groups excluding carboxylic acids is 1. The molecule has 14 heavy (non-hydrogen) atoms. The smallest absolute Gasteiger partial charge is 0.265 e. The number of fused-ring (bicyclic) bond motifs is 1. The van der Waals surface area contributed by atoms with Crippen molar-refractivity contribution in [1.29, 1.82) is 0 Å². The molecule has 2 rings (SSSR count). The van der Waals surface area contributed by atoms with Gasteiger partial charge in [-0.15, -0.1) is 0 Å². The molecule has 3 nitrogen and oxygen atoms in total. The first-order chi connectivity index (χ1) is 6.58. The lowest BCUT2D eigenvalue weighted by atomic mass is 10.2. The van der Waals surface area contributed by atoms with Crippen LogP contribution in [0.15, 0.2) is 12.1 Å². The van der Waals surface area contributed by atoms with Crippen molar-refractivity contribution in [2.24, 2.45) is 0 Å². The molecule has 74 valence electrons. The molecule has 0 aromatic heterocycles. The van der Waals surface area contributed by atoms with Gasteiger partial charge in [0.15, 0.2) is 11.9 Å². The molecule has 0 saturated heterocycles. The van der Waals surface area contributed by atoms with Gasteiger partial charge >= 0.3 is 0 Å². The van der Waals surface area contributed by atoms with Gasteiger partial charge in [0, 0.05) is 12.1 Å². The third-order valence-electron chi connectivity index (χ3n) is 1.94. The van der Waals surface area contributed by atoms with Crippen LogP contribution in [0, 0.1) is 11.6 Å². The van der Waals surface area contributed by atoms with Crippen molar-refractivity contribution in [3.8, 4) is 5.75 Å². The summed E-state index contributed by atoms with van der Waals surface area (Å²) in [5.41, 5.74) is -0.102. The highest BCUT2D eigenvalue weighted by atomic mass is 19.1. The van der Waals surface area contributed by atoms with E-state index < -0.39 is 23.6 Å². The van der Waals surface area contributed by atoms with Gasteiger partial charge in [-0.2, -0.15) is 0 Å². The Hall–Kier alpha value is -1.65. The number of halogens is 2. The van der Waals surface area contributed by atoms with Crippen LogP contribution < -0.4 is 10.1 Å². The first kappa shape index (κ1) is 8.93. The average molecular weight is 199 g/mol. The maximum atomic E-state index is 13.1. The van der Waals surface area contributed by atoms with E-state index >= 15 is 0 Å². The summed E-state index contributed by atoms with van der Waals surface area (Å²) in [5.74, 6) is -1.98. The van der Waals surface area contributed by atoms with Gasteiger partial charge in [-0.25, -0.2) is 8.78 Å². The molecule has 1 amide bonds. The molecular formula is C9H7F2NO2. The number of benzene rings is 1. The third kappa shape index (κ3) is 1.30. The van der Waals surface area contributed by atoms with E-state index in [0.29, 0.717) is 6.07 Å². The number of nitrogens with one attached hydrogen (secondary N) is 1. The summed E-state index contributed by atoms with van der Waals surface area (Å²) in [6.45, 7) is 1.50. The predicted molar refractivity (Wildman–Crippen MR) is 45.1 cm³/mol. The highest BCUT2D eigenvalue weighted by Gasteiger charge is 2.26. The molecule has 1 aliphatic rings. The van der Waals surface area contributed by atoms with E-state index in [-0.39, 0.29) is 11.4 Å². The minimum atomic E-state index is -0.833. The van der Waals surface area contributed by atoms with Crippen molar-refractivity contribution in [1.82, 2.24) is 0 Å². The quantitative estimate of drug-likeness (QED) is 0.690. The van der Waals surface area contributed by atoms with Gasteiger partial charge in [0.2, 0.25) is 0 Å². The van der Waals surface area contributed by atoms with Gasteiger partial charge in [0.25, 0.3) is 5.91 Å². The molecule has 0 aliphatic carbocycles. The summed E-state index contributed by atoms with van der Waals surface area (Å²) < 4.78 is 30.9. The van der Waals surface area contributed by atoms with Crippen LogP contribution in [0.25, 0.3) is 0 Å². The Balaban J connectivity index is 2.51. The van der Waals surface area contributed by atoms with E-state index in [4.69, 9.17) is 4.74 Å². The minimum Gasteiger partial charge on any atom is -0.478 e. The zero-order valence-corrected chi connectivity index (χ0v) is 7.30. The standard InChI is InChI=1S/C9H7F2NO2/c1-4-9(13)12-8-6(11)2-5(10)3-7(8)14-4/h2-4H,1H3,(H,12,13). The van der Waals surface area contributed by atoms with Gasteiger partial charge < -0.3 is 10.1 Å². The van der Waals surface area contributed by atoms with Crippen LogP contribution in [-0.2, 0) is 4.79 Å². The summed E-state index contributed by atoms with van der Waals surface area (Å²) in [6.07, 6.45) is -0.733. The molecule has 0 bridgehead atoms. The topological polar surface area (TPSA) is 38.3 Å². The first-order valence-corrected chi connectivity index (χ1v) is 4.04. The van der Waals surface area contributed by atoms with Crippen LogP contribution in [0.3, 0.4) is 0 Å². The fraction of sp³-hybridized carbons (Fsp3) is 0.222. The minimum absolute atomic E-state index is 0.0228. The van der Waals surface area contributed by atoms with Crippen LogP contribution in [0.4, 0.5) is 14.5 Å². The van der Waals surface area contributed by atoms with E-state index in [1.165, 1.54) is 6.92 Å². The zero-order chi connectivity index (χ0) is 10.3. The Bertz CT molecular complexity index is 406. The molecular weight excluding hydrogens is 192 g/mol. The second-order valence-corrected chi connectivity index (χ2v) is 3.01. The Morgan fingerprint density at radius 1 is 1.43 bits per heavy atom. The Morgan fingerprint density at radius 2 is 2.14 bits per heavy atom. The van der Waals surface area contributed by atoms with Crippen molar-refractivity contribution < 1.29 is 18.3 Å². The molecule has 0 spiro atoms. The molecule has 0 fully saturated rings. The van der Waals surface area contributed by atoms with Crippen LogP contribution in [0.5, 0.6) is 5.75 Å². The molecule has 1 heterocycles. The maximum Gasteiger partial charge on any atom is 0.265 e. The normalized spacial score (nSPS) is 19.6. The van der Waals surface area contributed by atoms with Gasteiger partial charge in [-0.3, -0.25) is 4.79 Å². The number of hydrogen-bond acceptors (Lipinski definition) is 2. The van der Waals surface area contributed by atoms with E-state index in [0.717, 1.165) is 6.07 Å². The first-order valence-electron chi connectivity index (χ1n) is 4.04. The number of hydrogen-bond donors (Lipinski definition) is 1. The molecule has 1 aliphatic heterocycles. The second-order valence-electron chi connectivity index (χ2n) is 3.01. The number of anilines is 1. The summed E-state index contributed by atoms with van der Waals surface area (Å²) in [5, 5.41) is 2.30. The van der Waals surface area contributed by atoms with Crippen molar-refractivity contribution in [3.05, 3.63) is 23.8 Å². The second kappa shape index (κ2) is 2.94. The van der Waals surface area contributed by atoms with Gasteiger partial charge in [0.1, 0.15) is 17.3 Å². The van der Waals surface area contributed by atoms with Crippen LogP contribution in [0.1, 0.15) is 6.92 Å². The summed E-state index contributed by atoms with van der Waals surface area (Å²) in [7, 11) is 0. The van der Waals surface area contributed by atoms with E-state index in [9.17, 15) is 13.6 Å². The lowest BCUT2D eigenvalue weighted by Gasteiger charge is -2.23. The SMILES string of the molecule is CC1Oc2cc(F)cc(F)c2NC1=O. The van der Waals surface area contributed by atoms with Crippen LogP contribution in [0.2, 0.25) is 0 Å². The largest absolute Gasteiger partial charge is 0.478 e. The highest BCUT2D eigenvalue weighted by Crippen LogP contribution is 2.32. The molecule has 0 radical (unpaired) electrons. The van der Waals surface area contributed by atoms with Crippen molar-refractivity contribution in [2.75, 3.05) is 5.32 Å². The number of rotatable bonds is 0. The van der Waals surface area contributed by atoms with E-state index in [2.05, 4.69) is 5.32 Å². The number of amides is 1. The summed E-state index contributed by atoms with van der Waals surface area (Å²) in [6, 6.07) is 1.73. The monoisotopic (exact) mass is 199 g/mol. The molecule has 0 saturated carbocycles. The number of carbonyl (C=O) groups is 1. The van der Waals surface area contributed by atoms with Crippen LogP contribution >= 0.6 is 0 Å². The number of ether oxygens (including phenoxy) is 1. The lowest BCUT2D eigenvalue weighted by Crippen LogP contribution is -2.34. The van der Waals surface area contributed by atoms with Gasteiger partial charge in [-0.1, -0.05) is 0 Å². The molecule has 1 aromatic carbocycles. The van der Waals surface area contributed by atoms with E-state index in [1.54, 1.807) is 0 Å². The van der Waals surface area contributed by atoms with E-state index in [1.807, 2.05) is 0 Å². The fourth-order valence-electron chi connectivity index (χ4n) is 1.23. The molecule has 1 N–H and O–H groups in total.